The van der Waals surface area contributed by atoms with Gasteiger partial charge in [0.05, 0.1) is 25.4 Å². The van der Waals surface area contributed by atoms with Crippen LogP contribution in [0.15, 0.2) is 0 Å². The second-order valence-corrected chi connectivity index (χ2v) is 21.0. The minimum atomic E-state index is -4.67. The summed E-state index contributed by atoms with van der Waals surface area (Å²) in [6, 6.07) is 0. The SMILES string of the molecule is C1C2CC3CC1CC(C1CO1)(C2)C3.CS(=O)(=O)C(F)(F)CO.CS(=O)(=O)C(F)(F)COCC(O)C12CC3CC(CC(C3)C1)C2.O=S(=O)(O)O. The number of epoxide rings is 1. The third kappa shape index (κ3) is 10.5. The number of hydrogen-bond donors (Lipinski definition) is 4. The number of alkyl halides is 4. The summed E-state index contributed by atoms with van der Waals surface area (Å²) < 4.78 is 134. The average Bonchev–Trinajstić information content (AvgIpc) is 3.77. The average molecular weight is 775 g/mol. The first-order valence-electron chi connectivity index (χ1n) is 16.6. The molecule has 8 saturated carbocycles. The van der Waals surface area contributed by atoms with Gasteiger partial charge in [-0.1, -0.05) is 0 Å². The topological polar surface area (TPSA) is 205 Å². The Bertz CT molecular complexity index is 1400. The van der Waals surface area contributed by atoms with Gasteiger partial charge < -0.3 is 19.7 Å². The summed E-state index contributed by atoms with van der Waals surface area (Å²) in [6.45, 7) is -1.97. The minimum Gasteiger partial charge on any atom is -0.390 e. The molecule has 2 atom stereocenters. The maximum atomic E-state index is 13.3. The zero-order valence-corrected chi connectivity index (χ0v) is 30.2. The van der Waals surface area contributed by atoms with E-state index in [1.807, 2.05) is 0 Å². The highest BCUT2D eigenvalue weighted by molar-refractivity contribution is 7.92. The van der Waals surface area contributed by atoms with E-state index < -0.39 is 59.9 Å². The number of aliphatic hydroxyl groups is 2. The number of ether oxygens (including phenoxy) is 2. The molecule has 12 nitrogen and oxygen atoms in total. The van der Waals surface area contributed by atoms with Gasteiger partial charge in [0.1, 0.15) is 13.2 Å². The third-order valence-corrected chi connectivity index (χ3v) is 14.1. The van der Waals surface area contributed by atoms with E-state index in [0.29, 0.717) is 41.8 Å². The maximum Gasteiger partial charge on any atom is 0.394 e. The Labute approximate surface area is 286 Å². The molecule has 1 saturated heterocycles. The van der Waals surface area contributed by atoms with Crippen LogP contribution in [0.4, 0.5) is 17.6 Å². The summed E-state index contributed by atoms with van der Waals surface area (Å²) in [5.41, 5.74) is 0.490. The van der Waals surface area contributed by atoms with Crippen molar-refractivity contribution >= 4 is 30.1 Å². The van der Waals surface area contributed by atoms with Gasteiger partial charge in [-0.3, -0.25) is 9.11 Å². The zero-order chi connectivity index (χ0) is 36.8. The highest BCUT2D eigenvalue weighted by atomic mass is 32.3. The number of rotatable bonds is 9. The van der Waals surface area contributed by atoms with E-state index in [-0.39, 0.29) is 12.0 Å². The van der Waals surface area contributed by atoms with Gasteiger partial charge in [0, 0.05) is 12.5 Å². The Morgan fingerprint density at radius 2 is 1.04 bits per heavy atom. The lowest BCUT2D eigenvalue weighted by Gasteiger charge is -2.58. The molecule has 0 aromatic heterocycles. The number of halogens is 4. The standard InChI is InChI=1S/C15H24F2O4S.C12H18O.C3H6F2O3S.H2O4S/c1-22(19,20)15(16,17)9-21-8-13(18)14-5-10-2-11(6-14)4-12(3-10)7-14;1-8-2-10-3-9(1)5-12(4-8,6-10)11-7-13-11;1-9(7,8)3(4,5)2-6;1-5(2,3)4/h10-13,18H,2-9H2,1H3;8-11H,1-7H2;6H,2H2,1H3;(H2,1,2,3,4). The fourth-order valence-corrected chi connectivity index (χ4v) is 10.8. The van der Waals surface area contributed by atoms with E-state index in [1.165, 1.54) is 38.5 Å². The van der Waals surface area contributed by atoms with Crippen molar-refractivity contribution in [1.82, 2.24) is 0 Å². The molecular weight excluding hydrogens is 725 g/mol. The normalized spacial score (nSPS) is 38.0. The molecule has 8 bridgehead atoms. The predicted molar refractivity (Wildman–Crippen MR) is 169 cm³/mol. The van der Waals surface area contributed by atoms with Crippen LogP contribution >= 0.6 is 0 Å². The molecule has 4 N–H and O–H groups in total. The third-order valence-electron chi connectivity index (χ3n) is 11.7. The van der Waals surface area contributed by atoms with Gasteiger partial charge in [-0.25, -0.2) is 16.8 Å². The van der Waals surface area contributed by atoms with Crippen molar-refractivity contribution in [2.45, 2.75) is 99.8 Å². The number of hydrogen-bond acceptors (Lipinski definition) is 10. The largest absolute Gasteiger partial charge is 0.394 e. The fourth-order valence-electron chi connectivity index (χ4n) is 10.2. The van der Waals surface area contributed by atoms with Crippen LogP contribution in [0.3, 0.4) is 0 Å². The van der Waals surface area contributed by atoms with E-state index in [2.05, 4.69) is 0 Å². The summed E-state index contributed by atoms with van der Waals surface area (Å²) >= 11 is 0. The molecule has 0 amide bonds. The van der Waals surface area contributed by atoms with Crippen LogP contribution in [0, 0.1) is 46.3 Å². The molecular formula is C30H50F4O12S3. The van der Waals surface area contributed by atoms with E-state index in [0.717, 1.165) is 43.6 Å². The molecule has 0 spiro atoms. The van der Waals surface area contributed by atoms with Gasteiger partial charge in [0.15, 0.2) is 0 Å². The van der Waals surface area contributed by atoms with E-state index >= 15 is 0 Å². The fraction of sp³-hybridized carbons (Fsp3) is 1.00. The lowest BCUT2D eigenvalue weighted by molar-refractivity contribution is -0.146. The van der Waals surface area contributed by atoms with Gasteiger partial charge in [-0.05, 0) is 123 Å². The minimum absolute atomic E-state index is 0.199. The van der Waals surface area contributed by atoms with Gasteiger partial charge >= 0.3 is 20.9 Å². The molecule has 9 fully saturated rings. The maximum absolute atomic E-state index is 13.3. The van der Waals surface area contributed by atoms with Crippen LogP contribution in [0.2, 0.25) is 0 Å². The van der Waals surface area contributed by atoms with Gasteiger partial charge in [-0.15, -0.1) is 0 Å². The lowest BCUT2D eigenvalue weighted by atomic mass is 9.48. The summed E-state index contributed by atoms with van der Waals surface area (Å²) in [5.74, 6) is 5.23. The Balaban J connectivity index is 0.000000169. The van der Waals surface area contributed by atoms with Crippen molar-refractivity contribution in [2.24, 2.45) is 46.3 Å². The van der Waals surface area contributed by atoms with Crippen molar-refractivity contribution in [1.29, 1.82) is 0 Å². The molecule has 0 aromatic carbocycles. The monoisotopic (exact) mass is 774 g/mol. The van der Waals surface area contributed by atoms with Crippen molar-refractivity contribution in [3.63, 3.8) is 0 Å². The molecule has 8 aliphatic carbocycles. The Kier molecular flexibility index (Phi) is 12.3. The summed E-state index contributed by atoms with van der Waals surface area (Å²) in [5, 5.41) is 10.4. The first-order chi connectivity index (χ1) is 22.3. The van der Waals surface area contributed by atoms with Gasteiger partial charge in [-0.2, -0.15) is 26.0 Å². The number of aliphatic hydroxyl groups excluding tert-OH is 2. The second-order valence-electron chi connectivity index (χ2n) is 15.8. The molecule has 19 heteroatoms. The van der Waals surface area contributed by atoms with Crippen LogP contribution in [-0.4, -0.2) is 106 Å². The summed E-state index contributed by atoms with van der Waals surface area (Å²) in [4.78, 5) is 0. The van der Waals surface area contributed by atoms with Crippen LogP contribution in [0.25, 0.3) is 0 Å². The molecule has 1 heterocycles. The molecule has 0 radical (unpaired) electrons. The second kappa shape index (κ2) is 14.6. The molecule has 1 aliphatic heterocycles. The first kappa shape index (κ1) is 41.1. The molecule has 288 valence electrons. The van der Waals surface area contributed by atoms with Crippen LogP contribution in [-0.2, 0) is 39.5 Å². The van der Waals surface area contributed by atoms with Crippen molar-refractivity contribution in [3.8, 4) is 0 Å². The number of sulfone groups is 2. The van der Waals surface area contributed by atoms with Crippen molar-refractivity contribution < 1.29 is 71.6 Å². The molecule has 2 unspecified atom stereocenters. The van der Waals surface area contributed by atoms with Crippen LogP contribution in [0.1, 0.15) is 77.0 Å². The zero-order valence-electron chi connectivity index (χ0n) is 27.7. The van der Waals surface area contributed by atoms with Crippen molar-refractivity contribution in [3.05, 3.63) is 0 Å². The molecule has 0 aromatic rings. The Morgan fingerprint density at radius 3 is 1.31 bits per heavy atom. The molecule has 9 rings (SSSR count). The smallest absolute Gasteiger partial charge is 0.390 e. The Hall–Kier alpha value is -0.670. The lowest BCUT2D eigenvalue weighted by Crippen LogP contribution is -2.53. The first-order valence-corrected chi connectivity index (χ1v) is 21.8. The predicted octanol–water partition coefficient (Wildman–Crippen LogP) is 3.78. The summed E-state index contributed by atoms with van der Waals surface area (Å²) in [7, 11) is -13.6. The quantitative estimate of drug-likeness (QED) is 0.150. The van der Waals surface area contributed by atoms with E-state index in [1.54, 1.807) is 19.3 Å². The molecule has 9 aliphatic rings. The van der Waals surface area contributed by atoms with Crippen LogP contribution < -0.4 is 0 Å². The van der Waals surface area contributed by atoms with Crippen molar-refractivity contribution in [2.75, 3.05) is 38.9 Å². The van der Waals surface area contributed by atoms with Gasteiger partial charge in [0.25, 0.3) is 0 Å². The Morgan fingerprint density at radius 1 is 0.714 bits per heavy atom. The van der Waals surface area contributed by atoms with Gasteiger partial charge in [0.2, 0.25) is 19.7 Å². The van der Waals surface area contributed by atoms with E-state index in [4.69, 9.17) is 32.1 Å². The highest BCUT2D eigenvalue weighted by Gasteiger charge is 2.58. The summed E-state index contributed by atoms with van der Waals surface area (Å²) in [6.07, 6.45) is 16.6. The highest BCUT2D eigenvalue weighted by Crippen LogP contribution is 2.64. The van der Waals surface area contributed by atoms with Crippen LogP contribution in [0.5, 0.6) is 0 Å². The molecule has 49 heavy (non-hydrogen) atoms. The van der Waals surface area contributed by atoms with E-state index in [9.17, 15) is 39.5 Å².